The fraction of sp³-hybridized carbons (Fsp3) is 0.476. The molecule has 1 fully saturated rings. The van der Waals surface area contributed by atoms with Gasteiger partial charge in [0.1, 0.15) is 0 Å². The fourth-order valence-corrected chi connectivity index (χ4v) is 4.38. The summed E-state index contributed by atoms with van der Waals surface area (Å²) >= 11 is 1.45. The molecule has 0 bridgehead atoms. The molecule has 3 unspecified atom stereocenters. The summed E-state index contributed by atoms with van der Waals surface area (Å²) in [7, 11) is 0. The molecule has 1 saturated carbocycles. The lowest BCUT2D eigenvalue weighted by Crippen LogP contribution is -2.44. The van der Waals surface area contributed by atoms with Crippen LogP contribution < -0.4 is 5.32 Å². The van der Waals surface area contributed by atoms with Crippen molar-refractivity contribution >= 4 is 17.7 Å². The molecular weight excluding hydrogens is 356 g/mol. The largest absolute Gasteiger partial charge is 0.352 e. The summed E-state index contributed by atoms with van der Waals surface area (Å²) in [5.74, 6) is 1.42. The monoisotopic (exact) mass is 384 g/mol. The maximum absolute atomic E-state index is 12.7. The van der Waals surface area contributed by atoms with Gasteiger partial charge in [0.2, 0.25) is 5.91 Å². The van der Waals surface area contributed by atoms with E-state index in [4.69, 9.17) is 0 Å². The molecule has 6 heteroatoms. The molecule has 1 aromatic carbocycles. The van der Waals surface area contributed by atoms with Crippen molar-refractivity contribution in [3.05, 3.63) is 43.0 Å². The van der Waals surface area contributed by atoms with Gasteiger partial charge in [0.25, 0.3) is 0 Å². The molecule has 0 radical (unpaired) electrons. The number of rotatable bonds is 7. The zero-order valence-electron chi connectivity index (χ0n) is 16.1. The van der Waals surface area contributed by atoms with E-state index in [2.05, 4.69) is 29.0 Å². The third kappa shape index (κ3) is 4.80. The first-order valence-electron chi connectivity index (χ1n) is 9.66. The topological polar surface area (TPSA) is 59.8 Å². The first kappa shape index (κ1) is 19.7. The number of allylic oxidation sites excluding steroid dienone is 1. The molecular formula is C21H28N4OS. The maximum Gasteiger partial charge on any atom is 0.233 e. The average Bonchev–Trinajstić information content (AvgIpc) is 3.07. The highest BCUT2D eigenvalue weighted by Gasteiger charge is 2.26. The van der Waals surface area contributed by atoms with Crippen LogP contribution in [0, 0.1) is 5.92 Å². The second-order valence-corrected chi connectivity index (χ2v) is 8.52. The van der Waals surface area contributed by atoms with Crippen LogP contribution in [0.3, 0.4) is 0 Å². The van der Waals surface area contributed by atoms with Crippen molar-refractivity contribution in [3.63, 3.8) is 0 Å². The zero-order valence-corrected chi connectivity index (χ0v) is 16.9. The Balaban J connectivity index is 1.71. The molecule has 2 aromatic rings. The van der Waals surface area contributed by atoms with Crippen LogP contribution in [0.4, 0.5) is 0 Å². The molecule has 144 valence electrons. The van der Waals surface area contributed by atoms with Crippen LogP contribution in [-0.4, -0.2) is 32.0 Å². The van der Waals surface area contributed by atoms with Crippen LogP contribution >= 0.6 is 11.8 Å². The van der Waals surface area contributed by atoms with Crippen molar-refractivity contribution in [3.8, 4) is 11.4 Å². The Bertz CT molecular complexity index is 774. The van der Waals surface area contributed by atoms with Gasteiger partial charge < -0.3 is 5.32 Å². The minimum atomic E-state index is -0.226. The van der Waals surface area contributed by atoms with E-state index in [0.29, 0.717) is 18.5 Å². The SMILES string of the molecule is C=CCn1c(SC(C)C(=O)NC2CCCCC2C)nnc1-c1ccccc1. The summed E-state index contributed by atoms with van der Waals surface area (Å²) in [4.78, 5) is 12.7. The summed E-state index contributed by atoms with van der Waals surface area (Å²) in [6, 6.07) is 10.3. The Labute approximate surface area is 165 Å². The Morgan fingerprint density at radius 3 is 2.78 bits per heavy atom. The summed E-state index contributed by atoms with van der Waals surface area (Å²) in [6.45, 7) is 8.62. The minimum Gasteiger partial charge on any atom is -0.352 e. The Morgan fingerprint density at radius 2 is 2.07 bits per heavy atom. The number of carbonyl (C=O) groups is 1. The summed E-state index contributed by atoms with van der Waals surface area (Å²) < 4.78 is 2.01. The van der Waals surface area contributed by atoms with Crippen molar-refractivity contribution in [1.82, 2.24) is 20.1 Å². The van der Waals surface area contributed by atoms with Gasteiger partial charge in [-0.3, -0.25) is 9.36 Å². The normalized spacial score (nSPS) is 20.8. The van der Waals surface area contributed by atoms with E-state index < -0.39 is 0 Å². The zero-order chi connectivity index (χ0) is 19.2. The minimum absolute atomic E-state index is 0.0770. The smallest absolute Gasteiger partial charge is 0.233 e. The first-order valence-corrected chi connectivity index (χ1v) is 10.5. The predicted octanol–water partition coefficient (Wildman–Crippen LogP) is 4.31. The van der Waals surface area contributed by atoms with Crippen LogP contribution in [0.25, 0.3) is 11.4 Å². The Morgan fingerprint density at radius 1 is 1.33 bits per heavy atom. The van der Waals surface area contributed by atoms with E-state index in [0.717, 1.165) is 23.0 Å². The van der Waals surface area contributed by atoms with Gasteiger partial charge in [-0.2, -0.15) is 0 Å². The number of carbonyl (C=O) groups excluding carboxylic acids is 1. The molecule has 1 heterocycles. The summed E-state index contributed by atoms with van der Waals surface area (Å²) in [5.41, 5.74) is 1.01. The lowest BCUT2D eigenvalue weighted by atomic mass is 9.86. The van der Waals surface area contributed by atoms with Gasteiger partial charge in [-0.05, 0) is 25.7 Å². The van der Waals surface area contributed by atoms with Crippen molar-refractivity contribution in [1.29, 1.82) is 0 Å². The van der Waals surface area contributed by atoms with Gasteiger partial charge in [-0.15, -0.1) is 16.8 Å². The second kappa shape index (κ2) is 9.22. The third-order valence-electron chi connectivity index (χ3n) is 5.15. The number of nitrogens with one attached hydrogen (secondary N) is 1. The first-order chi connectivity index (χ1) is 13.1. The molecule has 5 nitrogen and oxygen atoms in total. The number of aromatic nitrogens is 3. The average molecular weight is 385 g/mol. The Kier molecular flexibility index (Phi) is 6.72. The van der Waals surface area contributed by atoms with E-state index in [-0.39, 0.29) is 11.2 Å². The van der Waals surface area contributed by atoms with Crippen molar-refractivity contribution < 1.29 is 4.79 Å². The highest BCUT2D eigenvalue weighted by atomic mass is 32.2. The number of hydrogen-bond donors (Lipinski definition) is 1. The number of thioether (sulfide) groups is 1. The van der Waals surface area contributed by atoms with Crippen molar-refractivity contribution in [2.75, 3.05) is 0 Å². The molecule has 0 aliphatic heterocycles. The van der Waals surface area contributed by atoms with Gasteiger partial charge in [0, 0.05) is 18.2 Å². The van der Waals surface area contributed by atoms with Crippen LogP contribution in [0.2, 0.25) is 0 Å². The van der Waals surface area contributed by atoms with E-state index in [1.165, 1.54) is 31.0 Å². The van der Waals surface area contributed by atoms with E-state index in [1.54, 1.807) is 0 Å². The van der Waals surface area contributed by atoms with Crippen LogP contribution in [0.1, 0.15) is 39.5 Å². The summed E-state index contributed by atoms with van der Waals surface area (Å²) in [6.07, 6.45) is 6.57. The maximum atomic E-state index is 12.7. The van der Waals surface area contributed by atoms with Gasteiger partial charge in [0.05, 0.1) is 5.25 Å². The number of hydrogen-bond acceptors (Lipinski definition) is 4. The molecule has 3 atom stereocenters. The van der Waals surface area contributed by atoms with Crippen LogP contribution in [-0.2, 0) is 11.3 Å². The molecule has 1 aromatic heterocycles. The molecule has 0 spiro atoms. The lowest BCUT2D eigenvalue weighted by molar-refractivity contribution is -0.121. The number of benzene rings is 1. The predicted molar refractivity (Wildman–Crippen MR) is 111 cm³/mol. The molecule has 1 N–H and O–H groups in total. The second-order valence-electron chi connectivity index (χ2n) is 7.21. The molecule has 1 amide bonds. The molecule has 3 rings (SSSR count). The van der Waals surface area contributed by atoms with Gasteiger partial charge in [-0.25, -0.2) is 0 Å². The van der Waals surface area contributed by atoms with Crippen molar-refractivity contribution in [2.45, 2.75) is 62.5 Å². The fourth-order valence-electron chi connectivity index (χ4n) is 3.51. The van der Waals surface area contributed by atoms with Crippen LogP contribution in [0.15, 0.2) is 48.1 Å². The van der Waals surface area contributed by atoms with Gasteiger partial charge >= 0.3 is 0 Å². The highest BCUT2D eigenvalue weighted by molar-refractivity contribution is 8.00. The standard InChI is InChI=1S/C21H28N4OS/c1-4-14-25-19(17-11-6-5-7-12-17)23-24-21(25)27-16(3)20(26)22-18-13-9-8-10-15(18)2/h4-7,11-12,15-16,18H,1,8-10,13-14H2,2-3H3,(H,22,26). The molecule has 0 saturated heterocycles. The van der Waals surface area contributed by atoms with E-state index in [1.807, 2.05) is 47.9 Å². The van der Waals surface area contributed by atoms with E-state index in [9.17, 15) is 4.79 Å². The quantitative estimate of drug-likeness (QED) is 0.571. The number of nitrogens with zero attached hydrogens (tertiary/aromatic N) is 3. The molecule has 1 aliphatic carbocycles. The van der Waals surface area contributed by atoms with E-state index >= 15 is 0 Å². The molecule has 27 heavy (non-hydrogen) atoms. The Hall–Kier alpha value is -2.08. The lowest BCUT2D eigenvalue weighted by Gasteiger charge is -2.30. The summed E-state index contributed by atoms with van der Waals surface area (Å²) in [5, 5.41) is 12.5. The van der Waals surface area contributed by atoms with Crippen LogP contribution in [0.5, 0.6) is 0 Å². The van der Waals surface area contributed by atoms with Gasteiger partial charge in [0.15, 0.2) is 11.0 Å². The third-order valence-corrected chi connectivity index (χ3v) is 6.23. The molecule has 1 aliphatic rings. The number of amides is 1. The van der Waals surface area contributed by atoms with Gasteiger partial charge in [-0.1, -0.05) is 67.9 Å². The highest BCUT2D eigenvalue weighted by Crippen LogP contribution is 2.28. The van der Waals surface area contributed by atoms with Crippen molar-refractivity contribution in [2.24, 2.45) is 5.92 Å².